The molecule has 0 unspecified atom stereocenters. The van der Waals surface area contributed by atoms with Gasteiger partial charge in [0, 0.05) is 28.7 Å². The van der Waals surface area contributed by atoms with Crippen molar-refractivity contribution in [1.82, 2.24) is 5.16 Å². The van der Waals surface area contributed by atoms with Crippen molar-refractivity contribution in [3.63, 3.8) is 0 Å². The molecule has 0 atom stereocenters. The number of nitriles is 1. The third-order valence-electron chi connectivity index (χ3n) is 6.18. The quantitative estimate of drug-likeness (QED) is 0.172. The number of methoxy groups -OCH3 is 1. The van der Waals surface area contributed by atoms with Crippen LogP contribution in [0.25, 0.3) is 11.3 Å². The highest BCUT2D eigenvalue weighted by Gasteiger charge is 2.33. The van der Waals surface area contributed by atoms with Crippen LogP contribution in [0.5, 0.6) is 5.75 Å². The van der Waals surface area contributed by atoms with E-state index in [1.165, 1.54) is 13.2 Å². The summed E-state index contributed by atoms with van der Waals surface area (Å²) in [6.07, 6.45) is 2.04. The van der Waals surface area contributed by atoms with Crippen molar-refractivity contribution in [2.24, 2.45) is 0 Å². The Hall–Kier alpha value is -3.94. The van der Waals surface area contributed by atoms with Crippen LogP contribution in [0.2, 0.25) is 15.1 Å². The molecule has 3 aromatic carbocycles. The molecule has 39 heavy (non-hydrogen) atoms. The molecule has 1 aliphatic carbocycles. The molecule has 1 aromatic heterocycles. The van der Waals surface area contributed by atoms with Gasteiger partial charge in [-0.15, -0.1) is 0 Å². The topological polar surface area (TPSA) is 85.4 Å². The third kappa shape index (κ3) is 5.75. The van der Waals surface area contributed by atoms with E-state index in [1.54, 1.807) is 48.5 Å². The van der Waals surface area contributed by atoms with Gasteiger partial charge < -0.3 is 14.0 Å². The van der Waals surface area contributed by atoms with Crippen molar-refractivity contribution in [2.45, 2.75) is 25.4 Å². The van der Waals surface area contributed by atoms with Crippen LogP contribution in [0.4, 0.5) is 0 Å². The van der Waals surface area contributed by atoms with Gasteiger partial charge in [0.05, 0.1) is 44.9 Å². The molecule has 4 aromatic rings. The summed E-state index contributed by atoms with van der Waals surface area (Å²) in [5.41, 5.74) is 3.45. The number of carbonyl (C=O) groups is 1. The van der Waals surface area contributed by atoms with Crippen LogP contribution in [-0.2, 0) is 11.3 Å². The van der Waals surface area contributed by atoms with Gasteiger partial charge in [-0.05, 0) is 55.3 Å². The fourth-order valence-corrected chi connectivity index (χ4v) is 4.82. The van der Waals surface area contributed by atoms with Crippen LogP contribution in [0.3, 0.4) is 0 Å². The monoisotopic (exact) mass is 576 g/mol. The summed E-state index contributed by atoms with van der Waals surface area (Å²) in [5.74, 6) is 6.94. The average Bonchev–Trinajstić information content (AvgIpc) is 3.70. The van der Waals surface area contributed by atoms with Gasteiger partial charge in [-0.1, -0.05) is 57.9 Å². The van der Waals surface area contributed by atoms with Gasteiger partial charge in [0.25, 0.3) is 0 Å². The fourth-order valence-electron chi connectivity index (χ4n) is 4.03. The van der Waals surface area contributed by atoms with Crippen molar-refractivity contribution in [1.29, 1.82) is 5.26 Å². The van der Waals surface area contributed by atoms with E-state index < -0.39 is 5.97 Å². The average molecular weight is 578 g/mol. The van der Waals surface area contributed by atoms with Crippen LogP contribution in [0.15, 0.2) is 59.1 Å². The standard InChI is InChI=1S/C30H19Cl3N2O4/c1-37-30(36)22-13-17(15-34)5-6-18(22)7-8-19-11-12-21(14-26(19)33)38-16-23-28(35-39-29(23)20-9-10-20)27-24(31)3-2-4-25(27)32/h2-6,11-14,20H,9-10,16H2,1H3. The minimum absolute atomic E-state index is 0.182. The van der Waals surface area contributed by atoms with Crippen LogP contribution in [-0.4, -0.2) is 18.2 Å². The van der Waals surface area contributed by atoms with Crippen LogP contribution < -0.4 is 4.74 Å². The van der Waals surface area contributed by atoms with Gasteiger partial charge in [-0.25, -0.2) is 4.79 Å². The van der Waals surface area contributed by atoms with Gasteiger partial charge in [0.15, 0.2) is 0 Å². The number of benzene rings is 3. The van der Waals surface area contributed by atoms with E-state index in [0.29, 0.717) is 54.7 Å². The first kappa shape index (κ1) is 26.7. The van der Waals surface area contributed by atoms with Crippen LogP contribution in [0, 0.1) is 23.2 Å². The molecule has 0 amide bonds. The van der Waals surface area contributed by atoms with Gasteiger partial charge in [-0.2, -0.15) is 5.26 Å². The smallest absolute Gasteiger partial charge is 0.339 e. The zero-order valence-corrected chi connectivity index (χ0v) is 22.8. The normalized spacial score (nSPS) is 12.3. The highest BCUT2D eigenvalue weighted by atomic mass is 35.5. The lowest BCUT2D eigenvalue weighted by Crippen LogP contribution is -2.04. The number of carbonyl (C=O) groups excluding carboxylic acids is 1. The second-order valence-electron chi connectivity index (χ2n) is 8.79. The molecule has 0 bridgehead atoms. The van der Waals surface area contributed by atoms with Crippen molar-refractivity contribution in [2.75, 3.05) is 7.11 Å². The van der Waals surface area contributed by atoms with Crippen molar-refractivity contribution in [3.8, 4) is 34.9 Å². The molecule has 0 N–H and O–H groups in total. The van der Waals surface area contributed by atoms with Gasteiger partial charge in [0.2, 0.25) is 0 Å². The van der Waals surface area contributed by atoms with Crippen LogP contribution in [0.1, 0.15) is 57.1 Å². The number of esters is 1. The number of ether oxygens (including phenoxy) is 2. The summed E-state index contributed by atoms with van der Waals surface area (Å²) < 4.78 is 16.6. The summed E-state index contributed by atoms with van der Waals surface area (Å²) >= 11 is 19.4. The Morgan fingerprint density at radius 3 is 2.41 bits per heavy atom. The molecule has 0 saturated heterocycles. The molecule has 1 fully saturated rings. The molecule has 1 heterocycles. The minimum Gasteiger partial charge on any atom is -0.489 e. The third-order valence-corrected chi connectivity index (χ3v) is 7.12. The number of rotatable bonds is 6. The Morgan fingerprint density at radius 1 is 1.03 bits per heavy atom. The predicted molar refractivity (Wildman–Crippen MR) is 148 cm³/mol. The van der Waals surface area contributed by atoms with E-state index in [2.05, 4.69) is 17.0 Å². The molecule has 1 aliphatic rings. The largest absolute Gasteiger partial charge is 0.489 e. The maximum atomic E-state index is 12.1. The molecule has 9 heteroatoms. The first-order chi connectivity index (χ1) is 18.9. The lowest BCUT2D eigenvalue weighted by atomic mass is 10.0. The molecule has 0 radical (unpaired) electrons. The maximum Gasteiger partial charge on any atom is 0.339 e. The maximum absolute atomic E-state index is 12.1. The molecule has 5 rings (SSSR count). The number of hydrogen-bond acceptors (Lipinski definition) is 6. The van der Waals surface area contributed by atoms with Gasteiger partial charge in [0.1, 0.15) is 23.8 Å². The van der Waals surface area contributed by atoms with Crippen molar-refractivity contribution >= 4 is 40.8 Å². The molecular weight excluding hydrogens is 559 g/mol. The zero-order chi connectivity index (χ0) is 27.5. The molecule has 0 aliphatic heterocycles. The molecule has 1 saturated carbocycles. The number of nitrogens with zero attached hydrogens (tertiary/aromatic N) is 2. The van der Waals surface area contributed by atoms with E-state index in [0.717, 1.165) is 24.2 Å². The highest BCUT2D eigenvalue weighted by Crippen LogP contribution is 2.46. The van der Waals surface area contributed by atoms with E-state index in [4.69, 9.17) is 54.1 Å². The van der Waals surface area contributed by atoms with Crippen LogP contribution >= 0.6 is 34.8 Å². The Balaban J connectivity index is 1.39. The summed E-state index contributed by atoms with van der Waals surface area (Å²) in [6.45, 7) is 0.182. The summed E-state index contributed by atoms with van der Waals surface area (Å²) in [4.78, 5) is 12.1. The SMILES string of the molecule is COC(=O)c1cc(C#N)ccc1C#Cc1ccc(OCc2c(-c3c(Cl)cccc3Cl)noc2C2CC2)cc1Cl. The molecule has 0 spiro atoms. The van der Waals surface area contributed by atoms with Gasteiger partial charge in [-0.3, -0.25) is 0 Å². The summed E-state index contributed by atoms with van der Waals surface area (Å²) in [5, 5.41) is 14.7. The summed E-state index contributed by atoms with van der Waals surface area (Å²) in [6, 6.07) is 17.1. The minimum atomic E-state index is -0.581. The predicted octanol–water partition coefficient (Wildman–Crippen LogP) is 7.82. The lowest BCUT2D eigenvalue weighted by Gasteiger charge is -2.10. The van der Waals surface area contributed by atoms with E-state index in [-0.39, 0.29) is 12.2 Å². The second-order valence-corrected chi connectivity index (χ2v) is 10.0. The molecule has 6 nitrogen and oxygen atoms in total. The zero-order valence-electron chi connectivity index (χ0n) is 20.6. The van der Waals surface area contributed by atoms with E-state index >= 15 is 0 Å². The Kier molecular flexibility index (Phi) is 7.82. The van der Waals surface area contributed by atoms with Crippen molar-refractivity contribution < 1.29 is 18.8 Å². The molecular formula is C30H19Cl3N2O4. The first-order valence-corrected chi connectivity index (χ1v) is 13.0. The first-order valence-electron chi connectivity index (χ1n) is 11.9. The summed E-state index contributed by atoms with van der Waals surface area (Å²) in [7, 11) is 1.27. The number of halogens is 3. The fraction of sp³-hybridized carbons (Fsp3) is 0.167. The van der Waals surface area contributed by atoms with E-state index in [9.17, 15) is 4.79 Å². The Morgan fingerprint density at radius 2 is 1.74 bits per heavy atom. The van der Waals surface area contributed by atoms with Crippen molar-refractivity contribution in [3.05, 3.63) is 103 Å². The highest BCUT2D eigenvalue weighted by molar-refractivity contribution is 6.39. The Bertz CT molecular complexity index is 1670. The van der Waals surface area contributed by atoms with Gasteiger partial charge >= 0.3 is 5.97 Å². The number of aromatic nitrogens is 1. The lowest BCUT2D eigenvalue weighted by molar-refractivity contribution is 0.0600. The Labute approximate surface area is 240 Å². The van der Waals surface area contributed by atoms with E-state index in [1.807, 2.05) is 6.07 Å². The number of hydrogen-bond donors (Lipinski definition) is 0. The molecule has 194 valence electrons. The second kappa shape index (κ2) is 11.4.